The van der Waals surface area contributed by atoms with Crippen molar-refractivity contribution in [2.45, 2.75) is 25.8 Å². The summed E-state index contributed by atoms with van der Waals surface area (Å²) in [6.07, 6.45) is -9.86. The molecule has 0 saturated heterocycles. The van der Waals surface area contributed by atoms with Crippen LogP contribution in [0, 0.1) is 27.2 Å². The van der Waals surface area contributed by atoms with Gasteiger partial charge in [-0.1, -0.05) is 6.07 Å². The molecule has 0 aliphatic rings. The number of benzene rings is 2. The fourth-order valence-corrected chi connectivity index (χ4v) is 3.13. The number of rotatable bonds is 7. The molecule has 0 unspecified atom stereocenters. The molecule has 0 atom stereocenters. The van der Waals surface area contributed by atoms with E-state index in [-0.39, 0.29) is 17.2 Å². The molecule has 196 valence electrons. The molecule has 0 aliphatic heterocycles. The lowest BCUT2D eigenvalue weighted by Crippen LogP contribution is -2.21. The molecule has 0 radical (unpaired) electrons. The number of halogens is 6. The topological polar surface area (TPSA) is 142 Å². The van der Waals surface area contributed by atoms with Gasteiger partial charge in [-0.3, -0.25) is 29.7 Å². The van der Waals surface area contributed by atoms with Crippen molar-refractivity contribution in [3.05, 3.63) is 79.6 Å². The fourth-order valence-electron chi connectivity index (χ4n) is 3.13. The lowest BCUT2D eigenvalue weighted by molar-refractivity contribution is -0.388. The van der Waals surface area contributed by atoms with Gasteiger partial charge in [0.2, 0.25) is 11.6 Å². The van der Waals surface area contributed by atoms with Crippen molar-refractivity contribution >= 4 is 23.0 Å². The van der Waals surface area contributed by atoms with Crippen LogP contribution in [-0.4, -0.2) is 25.5 Å². The van der Waals surface area contributed by atoms with Gasteiger partial charge in [-0.05, 0) is 25.1 Å². The van der Waals surface area contributed by atoms with Crippen molar-refractivity contribution in [1.29, 1.82) is 0 Å². The molecule has 0 fully saturated rings. The number of ether oxygens (including phenoxy) is 1. The van der Waals surface area contributed by atoms with Gasteiger partial charge in [0.25, 0.3) is 5.69 Å². The highest BCUT2D eigenvalue weighted by Crippen LogP contribution is 2.37. The fraction of sp³-hybridized carbons (Fsp3) is 0.200. The first-order chi connectivity index (χ1) is 17.1. The maximum absolute atomic E-state index is 13.1. The number of carbonyl (C=O) groups is 1. The Morgan fingerprint density at radius 2 is 1.68 bits per heavy atom. The SMILES string of the molecule is Cc1c([N+](=O)[O-])c(C(F)(F)F)nn1CC(=O)Nc1cc(Oc2cccc(C(F)(F)F)c2)cc([N+](=O)[O-])c1. The van der Waals surface area contributed by atoms with Gasteiger partial charge in [0.1, 0.15) is 23.7 Å². The Morgan fingerprint density at radius 3 is 2.22 bits per heavy atom. The Hall–Kier alpha value is -4.70. The number of hydrogen-bond acceptors (Lipinski definition) is 7. The lowest BCUT2D eigenvalue weighted by Gasteiger charge is -2.12. The number of nitro groups is 2. The van der Waals surface area contributed by atoms with E-state index in [1.165, 1.54) is 0 Å². The first-order valence-corrected chi connectivity index (χ1v) is 9.79. The largest absolute Gasteiger partial charge is 0.457 e. The lowest BCUT2D eigenvalue weighted by atomic mass is 10.2. The second-order valence-corrected chi connectivity index (χ2v) is 7.34. The van der Waals surface area contributed by atoms with Crippen LogP contribution < -0.4 is 10.1 Å². The molecule has 0 bridgehead atoms. The number of nitrogens with one attached hydrogen (secondary N) is 1. The van der Waals surface area contributed by atoms with E-state index < -0.39 is 63.0 Å². The summed E-state index contributed by atoms with van der Waals surface area (Å²) in [6.45, 7) is 0.0112. The Morgan fingerprint density at radius 1 is 1.00 bits per heavy atom. The number of nitrogens with zero attached hydrogens (tertiary/aromatic N) is 4. The van der Waals surface area contributed by atoms with Crippen molar-refractivity contribution in [2.75, 3.05) is 5.32 Å². The summed E-state index contributed by atoms with van der Waals surface area (Å²) in [5.74, 6) is -1.74. The molecule has 11 nitrogen and oxygen atoms in total. The minimum absolute atomic E-state index is 0.295. The van der Waals surface area contributed by atoms with Crippen molar-refractivity contribution in [1.82, 2.24) is 9.78 Å². The molecule has 0 saturated carbocycles. The number of nitro benzene ring substituents is 1. The molecule has 1 aromatic heterocycles. The molecule has 1 N–H and O–H groups in total. The van der Waals surface area contributed by atoms with Crippen LogP contribution in [0.25, 0.3) is 0 Å². The van der Waals surface area contributed by atoms with Crippen LogP contribution in [0.4, 0.5) is 43.4 Å². The molecule has 17 heteroatoms. The predicted molar refractivity (Wildman–Crippen MR) is 112 cm³/mol. The average Bonchev–Trinajstić information content (AvgIpc) is 3.09. The zero-order chi connectivity index (χ0) is 27.7. The van der Waals surface area contributed by atoms with E-state index in [4.69, 9.17) is 4.74 Å². The molecule has 1 amide bonds. The number of anilines is 1. The third kappa shape index (κ3) is 6.30. The number of carbonyl (C=O) groups excluding carboxylic acids is 1. The van der Waals surface area contributed by atoms with Crippen molar-refractivity contribution in [3.63, 3.8) is 0 Å². The van der Waals surface area contributed by atoms with Crippen LogP contribution in [0.3, 0.4) is 0 Å². The van der Waals surface area contributed by atoms with Crippen LogP contribution in [0.15, 0.2) is 42.5 Å². The predicted octanol–water partition coefficient (Wildman–Crippen LogP) is 5.48. The second-order valence-electron chi connectivity index (χ2n) is 7.34. The smallest absolute Gasteiger partial charge is 0.442 e. The van der Waals surface area contributed by atoms with Crippen LogP contribution >= 0.6 is 0 Å². The first kappa shape index (κ1) is 26.9. The summed E-state index contributed by atoms with van der Waals surface area (Å²) >= 11 is 0. The number of hydrogen-bond donors (Lipinski definition) is 1. The third-order valence-corrected chi connectivity index (χ3v) is 4.70. The molecule has 1 heterocycles. The normalized spacial score (nSPS) is 11.8. The molecular weight excluding hydrogens is 520 g/mol. The molecule has 2 aromatic carbocycles. The summed E-state index contributed by atoms with van der Waals surface area (Å²) in [5, 5.41) is 27.6. The van der Waals surface area contributed by atoms with Crippen molar-refractivity contribution in [2.24, 2.45) is 0 Å². The highest BCUT2D eigenvalue weighted by Gasteiger charge is 2.44. The summed E-state index contributed by atoms with van der Waals surface area (Å²) in [7, 11) is 0. The van der Waals surface area contributed by atoms with Crippen LogP contribution in [-0.2, 0) is 23.7 Å². The van der Waals surface area contributed by atoms with Gasteiger partial charge in [0, 0.05) is 12.1 Å². The molecule has 37 heavy (non-hydrogen) atoms. The van der Waals surface area contributed by atoms with Gasteiger partial charge < -0.3 is 10.1 Å². The maximum atomic E-state index is 13.1. The Bertz CT molecular complexity index is 1390. The number of non-ortho nitro benzene ring substituents is 1. The van der Waals surface area contributed by atoms with E-state index in [2.05, 4.69) is 10.4 Å². The molecule has 0 spiro atoms. The van der Waals surface area contributed by atoms with E-state index in [9.17, 15) is 51.4 Å². The van der Waals surface area contributed by atoms with Crippen LogP contribution in [0.2, 0.25) is 0 Å². The summed E-state index contributed by atoms with van der Waals surface area (Å²) < 4.78 is 83.8. The zero-order valence-electron chi connectivity index (χ0n) is 18.3. The zero-order valence-corrected chi connectivity index (χ0v) is 18.3. The maximum Gasteiger partial charge on any atom is 0.442 e. The minimum Gasteiger partial charge on any atom is -0.457 e. The van der Waals surface area contributed by atoms with E-state index in [0.29, 0.717) is 10.7 Å². The Labute approximate surface area is 201 Å². The highest BCUT2D eigenvalue weighted by molar-refractivity contribution is 5.91. The van der Waals surface area contributed by atoms with E-state index in [1.807, 2.05) is 0 Å². The van der Waals surface area contributed by atoms with E-state index in [0.717, 1.165) is 43.3 Å². The standard InChI is InChI=1S/C20H13F6N5O6/c1-10-17(31(35)36)18(20(24,25)26)28-29(10)9-16(32)27-12-6-13(30(33)34)8-15(7-12)37-14-4-2-3-11(5-14)19(21,22)23/h2-8H,9H2,1H3,(H,27,32). The number of alkyl halides is 6. The van der Waals surface area contributed by atoms with Crippen molar-refractivity contribution < 1.29 is 45.7 Å². The average molecular weight is 533 g/mol. The first-order valence-electron chi connectivity index (χ1n) is 9.79. The monoisotopic (exact) mass is 533 g/mol. The number of amides is 1. The highest BCUT2D eigenvalue weighted by atomic mass is 19.4. The van der Waals surface area contributed by atoms with E-state index in [1.54, 1.807) is 0 Å². The number of aromatic nitrogens is 2. The summed E-state index contributed by atoms with van der Waals surface area (Å²) in [4.78, 5) is 32.6. The van der Waals surface area contributed by atoms with Gasteiger partial charge in [0.05, 0.1) is 27.2 Å². The second kappa shape index (κ2) is 9.75. The van der Waals surface area contributed by atoms with Gasteiger partial charge in [-0.25, -0.2) is 0 Å². The summed E-state index contributed by atoms with van der Waals surface area (Å²) in [5.41, 5.74) is -5.70. The Kier molecular flexibility index (Phi) is 7.08. The van der Waals surface area contributed by atoms with Gasteiger partial charge in [-0.2, -0.15) is 31.4 Å². The molecule has 3 rings (SSSR count). The molecular formula is C20H13F6N5O6. The third-order valence-electron chi connectivity index (χ3n) is 4.70. The quantitative estimate of drug-likeness (QED) is 0.241. The van der Waals surface area contributed by atoms with Gasteiger partial charge in [-0.15, -0.1) is 0 Å². The minimum atomic E-state index is -5.18. The van der Waals surface area contributed by atoms with Gasteiger partial charge in [0.15, 0.2) is 0 Å². The molecule has 0 aliphatic carbocycles. The van der Waals surface area contributed by atoms with Gasteiger partial charge >= 0.3 is 18.0 Å². The van der Waals surface area contributed by atoms with E-state index >= 15 is 0 Å². The van der Waals surface area contributed by atoms with Crippen molar-refractivity contribution in [3.8, 4) is 11.5 Å². The van der Waals surface area contributed by atoms with Crippen LogP contribution in [0.5, 0.6) is 11.5 Å². The van der Waals surface area contributed by atoms with Crippen LogP contribution in [0.1, 0.15) is 17.0 Å². The summed E-state index contributed by atoms with van der Waals surface area (Å²) in [6, 6.07) is 6.35. The Balaban J connectivity index is 1.88. The molecule has 3 aromatic rings.